The van der Waals surface area contributed by atoms with Gasteiger partial charge in [0, 0.05) is 11.6 Å². The van der Waals surface area contributed by atoms with E-state index in [4.69, 9.17) is 0 Å². The van der Waals surface area contributed by atoms with Gasteiger partial charge in [-0.05, 0) is 49.7 Å². The van der Waals surface area contributed by atoms with Gasteiger partial charge < -0.3 is 0 Å². The predicted molar refractivity (Wildman–Crippen MR) is 83.5 cm³/mol. The maximum atomic E-state index is 12.2. The number of rotatable bonds is 3. The first-order valence-electron chi connectivity index (χ1n) is 7.45. The standard InChI is InChI=1S/C16H22N2O2S/c1-11-4-7-13(8-5-11)21(19,20)18-17-15-9-6-12-10-14(15)16(12,2)3/h4-5,7-8,12,14,18H,6,9-10H2,1-3H3/b17-15+. The Hall–Kier alpha value is -1.36. The zero-order chi connectivity index (χ0) is 15.3. The minimum atomic E-state index is -3.56. The van der Waals surface area contributed by atoms with E-state index in [-0.39, 0.29) is 10.3 Å². The monoisotopic (exact) mass is 306 g/mol. The van der Waals surface area contributed by atoms with Crippen LogP contribution in [0.25, 0.3) is 0 Å². The topological polar surface area (TPSA) is 58.5 Å². The van der Waals surface area contributed by atoms with Gasteiger partial charge in [-0.3, -0.25) is 0 Å². The molecule has 3 fully saturated rings. The van der Waals surface area contributed by atoms with E-state index in [0.29, 0.717) is 5.92 Å². The number of fused-ring (bicyclic) bond motifs is 2. The number of nitrogens with one attached hydrogen (secondary N) is 1. The van der Waals surface area contributed by atoms with Crippen LogP contribution in [0.1, 0.15) is 38.7 Å². The molecule has 1 aromatic carbocycles. The molecule has 114 valence electrons. The summed E-state index contributed by atoms with van der Waals surface area (Å²) >= 11 is 0. The summed E-state index contributed by atoms with van der Waals surface area (Å²) in [5, 5.41) is 4.25. The summed E-state index contributed by atoms with van der Waals surface area (Å²) in [4.78, 5) is 2.68. The van der Waals surface area contributed by atoms with Crippen LogP contribution in [0.3, 0.4) is 0 Å². The van der Waals surface area contributed by atoms with Gasteiger partial charge in [-0.1, -0.05) is 31.5 Å². The summed E-state index contributed by atoms with van der Waals surface area (Å²) in [6.45, 7) is 6.45. The van der Waals surface area contributed by atoms with E-state index < -0.39 is 10.0 Å². The van der Waals surface area contributed by atoms with Crippen molar-refractivity contribution in [3.63, 3.8) is 0 Å². The number of hydrogen-bond donors (Lipinski definition) is 1. The third-order valence-electron chi connectivity index (χ3n) is 5.26. The number of sulfonamides is 1. The molecule has 0 heterocycles. The molecule has 2 bridgehead atoms. The second kappa shape index (κ2) is 4.83. The van der Waals surface area contributed by atoms with Gasteiger partial charge >= 0.3 is 0 Å². The largest absolute Gasteiger partial charge is 0.276 e. The average molecular weight is 306 g/mol. The molecule has 3 aliphatic rings. The van der Waals surface area contributed by atoms with Crippen LogP contribution in [0.2, 0.25) is 0 Å². The molecule has 0 spiro atoms. The number of aryl methyl sites for hydroxylation is 1. The molecule has 0 radical (unpaired) electrons. The number of hydrazone groups is 1. The van der Waals surface area contributed by atoms with Crippen LogP contribution in [0.15, 0.2) is 34.3 Å². The first kappa shape index (κ1) is 14.6. The van der Waals surface area contributed by atoms with Crippen LogP contribution in [0, 0.1) is 24.2 Å². The maximum absolute atomic E-state index is 12.2. The highest BCUT2D eigenvalue weighted by Gasteiger charge is 2.53. The quantitative estimate of drug-likeness (QED) is 0.872. The van der Waals surface area contributed by atoms with E-state index in [0.717, 1.165) is 36.5 Å². The zero-order valence-corrected chi connectivity index (χ0v) is 13.6. The molecule has 2 unspecified atom stereocenters. The van der Waals surface area contributed by atoms with Crippen molar-refractivity contribution in [1.82, 2.24) is 4.83 Å². The van der Waals surface area contributed by atoms with Crippen LogP contribution in [-0.4, -0.2) is 14.1 Å². The van der Waals surface area contributed by atoms with E-state index in [9.17, 15) is 8.42 Å². The lowest BCUT2D eigenvalue weighted by atomic mass is 9.48. The molecular formula is C16H22N2O2S. The fraction of sp³-hybridized carbons (Fsp3) is 0.562. The second-order valence-corrected chi connectivity index (χ2v) is 8.52. The highest BCUT2D eigenvalue weighted by Crippen LogP contribution is 2.57. The molecule has 0 amide bonds. The summed E-state index contributed by atoms with van der Waals surface area (Å²) in [5.74, 6) is 1.20. The van der Waals surface area contributed by atoms with E-state index in [1.807, 2.05) is 6.92 Å². The molecule has 1 aromatic rings. The van der Waals surface area contributed by atoms with Crippen molar-refractivity contribution < 1.29 is 8.42 Å². The highest BCUT2D eigenvalue weighted by atomic mass is 32.2. The van der Waals surface area contributed by atoms with Crippen LogP contribution in [0.5, 0.6) is 0 Å². The number of nitrogens with zero attached hydrogens (tertiary/aromatic N) is 1. The van der Waals surface area contributed by atoms with Crippen molar-refractivity contribution in [3.8, 4) is 0 Å². The van der Waals surface area contributed by atoms with Gasteiger partial charge in [0.1, 0.15) is 0 Å². The Labute approximate surface area is 126 Å². The van der Waals surface area contributed by atoms with Crippen LogP contribution < -0.4 is 4.83 Å². The van der Waals surface area contributed by atoms with Crippen LogP contribution in [-0.2, 0) is 10.0 Å². The van der Waals surface area contributed by atoms with Crippen LogP contribution in [0.4, 0.5) is 0 Å². The molecule has 0 aliphatic heterocycles. The van der Waals surface area contributed by atoms with E-state index in [1.165, 1.54) is 0 Å². The van der Waals surface area contributed by atoms with Crippen molar-refractivity contribution in [3.05, 3.63) is 29.8 Å². The van der Waals surface area contributed by atoms with E-state index in [2.05, 4.69) is 23.8 Å². The zero-order valence-electron chi connectivity index (χ0n) is 12.8. The molecule has 21 heavy (non-hydrogen) atoms. The average Bonchev–Trinajstić information content (AvgIpc) is 2.45. The van der Waals surface area contributed by atoms with Crippen LogP contribution >= 0.6 is 0 Å². The number of hydrogen-bond acceptors (Lipinski definition) is 3. The van der Waals surface area contributed by atoms with Crippen molar-refractivity contribution in [2.45, 2.75) is 44.9 Å². The Balaban J connectivity index is 1.77. The molecular weight excluding hydrogens is 284 g/mol. The van der Waals surface area contributed by atoms with Crippen molar-refractivity contribution in [2.75, 3.05) is 0 Å². The summed E-state index contributed by atoms with van der Waals surface area (Å²) in [5.41, 5.74) is 2.32. The Bertz CT molecular complexity index is 673. The Morgan fingerprint density at radius 1 is 1.24 bits per heavy atom. The van der Waals surface area contributed by atoms with Gasteiger partial charge in [0.25, 0.3) is 10.0 Å². The third kappa shape index (κ3) is 2.48. The molecule has 0 saturated heterocycles. The van der Waals surface area contributed by atoms with Gasteiger partial charge in [-0.25, -0.2) is 4.83 Å². The van der Waals surface area contributed by atoms with Gasteiger partial charge in [0.2, 0.25) is 0 Å². The molecule has 4 nitrogen and oxygen atoms in total. The van der Waals surface area contributed by atoms with Gasteiger partial charge in [-0.2, -0.15) is 13.5 Å². The summed E-state index contributed by atoms with van der Waals surface area (Å²) in [7, 11) is -3.56. The SMILES string of the molecule is Cc1ccc(S(=O)(=O)N/N=C2\CCC3CC2C3(C)C)cc1. The fourth-order valence-corrected chi connectivity index (χ4v) is 4.43. The minimum Gasteiger partial charge on any atom is -0.200 e. The summed E-state index contributed by atoms with van der Waals surface area (Å²) in [6, 6.07) is 6.81. The Morgan fingerprint density at radius 3 is 2.48 bits per heavy atom. The van der Waals surface area contributed by atoms with Gasteiger partial charge in [-0.15, -0.1) is 0 Å². The maximum Gasteiger partial charge on any atom is 0.276 e. The normalized spacial score (nSPS) is 29.0. The molecule has 2 atom stereocenters. The van der Waals surface area contributed by atoms with Gasteiger partial charge in [0.15, 0.2) is 0 Å². The lowest BCUT2D eigenvalue weighted by Crippen LogP contribution is -2.53. The first-order valence-corrected chi connectivity index (χ1v) is 8.94. The fourth-order valence-electron chi connectivity index (χ4n) is 3.59. The Morgan fingerprint density at radius 2 is 1.90 bits per heavy atom. The summed E-state index contributed by atoms with van der Waals surface area (Å²) < 4.78 is 24.5. The number of benzene rings is 1. The predicted octanol–water partition coefficient (Wildman–Crippen LogP) is 3.09. The second-order valence-electron chi connectivity index (χ2n) is 6.86. The lowest BCUT2D eigenvalue weighted by molar-refractivity contribution is 0.00121. The molecule has 4 rings (SSSR count). The molecule has 3 saturated carbocycles. The molecule has 0 aromatic heterocycles. The third-order valence-corrected chi connectivity index (χ3v) is 6.49. The molecule has 5 heteroatoms. The highest BCUT2D eigenvalue weighted by molar-refractivity contribution is 7.89. The van der Waals surface area contributed by atoms with E-state index >= 15 is 0 Å². The van der Waals surface area contributed by atoms with Gasteiger partial charge in [0.05, 0.1) is 4.90 Å². The van der Waals surface area contributed by atoms with Crippen molar-refractivity contribution >= 4 is 15.7 Å². The molecule has 3 aliphatic carbocycles. The molecule has 1 N–H and O–H groups in total. The van der Waals surface area contributed by atoms with Crippen molar-refractivity contribution in [1.29, 1.82) is 0 Å². The minimum absolute atomic E-state index is 0.263. The smallest absolute Gasteiger partial charge is 0.200 e. The van der Waals surface area contributed by atoms with Crippen molar-refractivity contribution in [2.24, 2.45) is 22.4 Å². The first-order chi connectivity index (χ1) is 9.80. The summed E-state index contributed by atoms with van der Waals surface area (Å²) in [6.07, 6.45) is 3.18. The lowest BCUT2D eigenvalue weighted by Gasteiger charge is -2.56. The van der Waals surface area contributed by atoms with E-state index in [1.54, 1.807) is 24.3 Å². The Kier molecular flexibility index (Phi) is 3.35.